The van der Waals surface area contributed by atoms with E-state index in [-0.39, 0.29) is 22.3 Å². The molecule has 3 rings (SSSR count). The summed E-state index contributed by atoms with van der Waals surface area (Å²) >= 11 is 0. The van der Waals surface area contributed by atoms with E-state index in [0.29, 0.717) is 6.07 Å². The molecule has 0 saturated carbocycles. The van der Waals surface area contributed by atoms with E-state index >= 15 is 0 Å². The van der Waals surface area contributed by atoms with Crippen molar-refractivity contribution < 1.29 is 32.5 Å². The predicted molar refractivity (Wildman–Crippen MR) is 75.7 cm³/mol. The Morgan fingerprint density at radius 2 is 1.56 bits per heavy atom. The Morgan fingerprint density at radius 1 is 1.00 bits per heavy atom. The molecule has 10 heteroatoms. The minimum atomic E-state index is -4.99. The molecule has 0 bridgehead atoms. The molecule has 0 aliphatic carbocycles. The largest absolute Gasteiger partial charge is 0.420 e. The van der Waals surface area contributed by atoms with Gasteiger partial charge in [-0.3, -0.25) is 19.7 Å². The van der Waals surface area contributed by atoms with Crippen molar-refractivity contribution in [1.29, 1.82) is 0 Å². The molecule has 0 unspecified atom stereocenters. The highest BCUT2D eigenvalue weighted by Gasteiger charge is 2.41. The summed E-state index contributed by atoms with van der Waals surface area (Å²) in [5, 5.41) is 10.9. The van der Waals surface area contributed by atoms with Crippen LogP contribution in [0.1, 0.15) is 26.3 Å². The van der Waals surface area contributed by atoms with Gasteiger partial charge in [-0.25, -0.2) is 0 Å². The highest BCUT2D eigenvalue weighted by molar-refractivity contribution is 6.20. The Morgan fingerprint density at radius 3 is 2.04 bits per heavy atom. The van der Waals surface area contributed by atoms with Gasteiger partial charge in [-0.1, -0.05) is 17.2 Å². The van der Waals surface area contributed by atoms with Crippen LogP contribution in [0.3, 0.4) is 0 Å². The lowest BCUT2D eigenvalue weighted by Gasteiger charge is -2.18. The van der Waals surface area contributed by atoms with Crippen molar-refractivity contribution in [2.24, 2.45) is 0 Å². The van der Waals surface area contributed by atoms with Crippen LogP contribution >= 0.6 is 0 Å². The summed E-state index contributed by atoms with van der Waals surface area (Å²) in [5.74, 6) is -2.74. The highest BCUT2D eigenvalue weighted by Crippen LogP contribution is 2.39. The number of non-ortho nitro benzene ring substituents is 1. The van der Waals surface area contributed by atoms with Gasteiger partial charge in [0.1, 0.15) is 5.56 Å². The normalized spacial score (nSPS) is 13.8. The first-order valence-corrected chi connectivity index (χ1v) is 6.71. The monoisotopic (exact) mass is 352 g/mol. The number of carbonyl (C=O) groups is 2. The zero-order valence-electron chi connectivity index (χ0n) is 12.1. The lowest BCUT2D eigenvalue weighted by Crippen LogP contribution is -2.33. The molecule has 0 N–H and O–H groups in total. The minimum absolute atomic E-state index is 0.0111. The molecule has 2 aromatic rings. The van der Waals surface area contributed by atoms with Crippen LogP contribution in [0.25, 0.3) is 0 Å². The molecule has 1 aliphatic rings. The Labute approximate surface area is 137 Å². The zero-order chi connectivity index (χ0) is 18.4. The predicted octanol–water partition coefficient (Wildman–Crippen LogP) is 3.20. The van der Waals surface area contributed by atoms with Gasteiger partial charge in [0.05, 0.1) is 16.1 Å². The molecule has 0 spiro atoms. The molecule has 7 nitrogen and oxygen atoms in total. The summed E-state index contributed by atoms with van der Waals surface area (Å²) in [6.07, 6.45) is -4.99. The number of imide groups is 1. The van der Waals surface area contributed by atoms with E-state index in [4.69, 9.17) is 4.84 Å². The molecule has 0 atom stereocenters. The average molecular weight is 352 g/mol. The maximum absolute atomic E-state index is 13.1. The number of fused-ring (bicyclic) bond motifs is 1. The van der Waals surface area contributed by atoms with Crippen LogP contribution in [0, 0.1) is 10.1 Å². The van der Waals surface area contributed by atoms with Crippen molar-refractivity contribution in [3.05, 3.63) is 69.3 Å². The van der Waals surface area contributed by atoms with Crippen molar-refractivity contribution in [1.82, 2.24) is 5.06 Å². The molecule has 25 heavy (non-hydrogen) atoms. The molecule has 1 heterocycles. The number of hydrogen-bond acceptors (Lipinski definition) is 5. The van der Waals surface area contributed by atoms with E-state index in [9.17, 15) is 32.9 Å². The summed E-state index contributed by atoms with van der Waals surface area (Å²) in [6, 6.07) is 7.38. The van der Waals surface area contributed by atoms with Crippen LogP contribution in [-0.2, 0) is 6.18 Å². The van der Waals surface area contributed by atoms with Crippen LogP contribution in [0.4, 0.5) is 18.9 Å². The Hall–Kier alpha value is -3.43. The molecule has 0 saturated heterocycles. The minimum Gasteiger partial charge on any atom is -0.368 e. The van der Waals surface area contributed by atoms with Crippen LogP contribution in [0.2, 0.25) is 0 Å². The average Bonchev–Trinajstić information content (AvgIpc) is 2.79. The lowest BCUT2D eigenvalue weighted by atomic mass is 10.1. The maximum atomic E-state index is 13.1. The van der Waals surface area contributed by atoms with E-state index in [1.54, 1.807) is 0 Å². The van der Waals surface area contributed by atoms with Gasteiger partial charge in [0.15, 0.2) is 5.75 Å². The van der Waals surface area contributed by atoms with E-state index < -0.39 is 39.9 Å². The lowest BCUT2D eigenvalue weighted by molar-refractivity contribution is -0.385. The van der Waals surface area contributed by atoms with E-state index in [2.05, 4.69) is 0 Å². The number of hydrogen-bond donors (Lipinski definition) is 0. The number of nitro groups is 1. The summed E-state index contributed by atoms with van der Waals surface area (Å²) in [7, 11) is 0. The van der Waals surface area contributed by atoms with Gasteiger partial charge < -0.3 is 4.84 Å². The molecular weight excluding hydrogens is 345 g/mol. The Bertz CT molecular complexity index is 875. The Kier molecular flexibility index (Phi) is 3.67. The second-order valence-electron chi connectivity index (χ2n) is 4.98. The van der Waals surface area contributed by atoms with Gasteiger partial charge in [0.2, 0.25) is 0 Å². The number of benzene rings is 2. The van der Waals surface area contributed by atoms with Gasteiger partial charge >= 0.3 is 6.18 Å². The fraction of sp³-hybridized carbons (Fsp3) is 0.0667. The van der Waals surface area contributed by atoms with Crippen LogP contribution in [-0.4, -0.2) is 21.8 Å². The standard InChI is InChI=1S/C15H7F3N2O5/c16-15(17,18)11-7-8(20(23)24)5-6-12(11)25-19-13(21)9-3-1-2-4-10(9)14(19)22/h1-7H. The van der Waals surface area contributed by atoms with Crippen molar-refractivity contribution in [3.63, 3.8) is 0 Å². The third-order valence-electron chi connectivity index (χ3n) is 3.43. The maximum Gasteiger partial charge on any atom is 0.420 e. The summed E-state index contributed by atoms with van der Waals surface area (Å²) in [4.78, 5) is 38.8. The third-order valence-corrected chi connectivity index (χ3v) is 3.43. The number of amides is 2. The van der Waals surface area contributed by atoms with Gasteiger partial charge in [0, 0.05) is 12.1 Å². The smallest absolute Gasteiger partial charge is 0.368 e. The number of alkyl halides is 3. The quantitative estimate of drug-likeness (QED) is 0.481. The molecule has 2 amide bonds. The topological polar surface area (TPSA) is 89.8 Å². The van der Waals surface area contributed by atoms with E-state index in [1.165, 1.54) is 24.3 Å². The second kappa shape index (κ2) is 5.58. The summed E-state index contributed by atoms with van der Waals surface area (Å²) < 4.78 is 39.4. The third kappa shape index (κ3) is 2.77. The number of halogens is 3. The molecule has 0 radical (unpaired) electrons. The Balaban J connectivity index is 2.01. The first-order valence-electron chi connectivity index (χ1n) is 6.71. The van der Waals surface area contributed by atoms with Crippen molar-refractivity contribution in [2.45, 2.75) is 6.18 Å². The van der Waals surface area contributed by atoms with Crippen molar-refractivity contribution in [2.75, 3.05) is 0 Å². The highest BCUT2D eigenvalue weighted by atomic mass is 19.4. The SMILES string of the molecule is O=C1c2ccccc2C(=O)N1Oc1ccc([N+](=O)[O-])cc1C(F)(F)F. The number of nitrogens with zero attached hydrogens (tertiary/aromatic N) is 2. The van der Waals surface area contributed by atoms with Gasteiger partial charge in [-0.05, 0) is 18.2 Å². The van der Waals surface area contributed by atoms with Gasteiger partial charge in [-0.2, -0.15) is 13.2 Å². The van der Waals surface area contributed by atoms with Gasteiger partial charge in [-0.15, -0.1) is 0 Å². The molecule has 128 valence electrons. The first-order chi connectivity index (χ1) is 11.7. The van der Waals surface area contributed by atoms with E-state index in [0.717, 1.165) is 6.07 Å². The molecular formula is C15H7F3N2O5. The summed E-state index contributed by atoms with van der Waals surface area (Å²) in [5.41, 5.74) is -2.30. The van der Waals surface area contributed by atoms with Crippen molar-refractivity contribution in [3.8, 4) is 5.75 Å². The van der Waals surface area contributed by atoms with E-state index in [1.807, 2.05) is 0 Å². The number of rotatable bonds is 3. The van der Waals surface area contributed by atoms with Crippen LogP contribution < -0.4 is 4.84 Å². The number of hydroxylamine groups is 2. The van der Waals surface area contributed by atoms with Crippen LogP contribution in [0.5, 0.6) is 5.75 Å². The zero-order valence-corrected chi connectivity index (χ0v) is 12.1. The van der Waals surface area contributed by atoms with Crippen molar-refractivity contribution >= 4 is 17.5 Å². The first kappa shape index (κ1) is 16.4. The second-order valence-corrected chi connectivity index (χ2v) is 4.98. The number of carbonyl (C=O) groups excluding carboxylic acids is 2. The van der Waals surface area contributed by atoms with Crippen LogP contribution in [0.15, 0.2) is 42.5 Å². The summed E-state index contributed by atoms with van der Waals surface area (Å²) in [6.45, 7) is 0. The van der Waals surface area contributed by atoms with Gasteiger partial charge in [0.25, 0.3) is 17.5 Å². The molecule has 1 aliphatic heterocycles. The molecule has 0 aromatic heterocycles. The molecule has 0 fully saturated rings. The molecule has 2 aromatic carbocycles. The number of nitro benzene ring substituents is 1. The fourth-order valence-corrected chi connectivity index (χ4v) is 2.28. The fourth-order valence-electron chi connectivity index (χ4n) is 2.28.